The summed E-state index contributed by atoms with van der Waals surface area (Å²) in [6.07, 6.45) is 2.91. The van der Waals surface area contributed by atoms with Crippen LogP contribution in [0.25, 0.3) is 0 Å². The van der Waals surface area contributed by atoms with Crippen molar-refractivity contribution in [3.63, 3.8) is 0 Å². The fraction of sp³-hybridized carbons (Fsp3) is 0.833. The quantitative estimate of drug-likeness (QED) is 0.770. The second-order valence-corrected chi connectivity index (χ2v) is 5.44. The Bertz CT molecular complexity index is 286. The van der Waals surface area contributed by atoms with E-state index in [0.29, 0.717) is 0 Å². The Labute approximate surface area is 114 Å². The summed E-state index contributed by atoms with van der Waals surface area (Å²) < 4.78 is 0. The number of aliphatic carboxylic acids is 1. The molecule has 6 heteroatoms. The van der Waals surface area contributed by atoms with Gasteiger partial charge in [-0.1, -0.05) is 13.8 Å². The van der Waals surface area contributed by atoms with Gasteiger partial charge in [-0.25, -0.2) is 4.79 Å². The molecule has 0 saturated carbocycles. The predicted molar refractivity (Wildman–Crippen MR) is 75.0 cm³/mol. The molecule has 18 heavy (non-hydrogen) atoms. The minimum atomic E-state index is -0.881. The lowest BCUT2D eigenvalue weighted by molar-refractivity contribution is -0.141. The molecule has 1 N–H and O–H groups in total. The summed E-state index contributed by atoms with van der Waals surface area (Å²) >= 11 is 1.70. The molecular weight excluding hydrogens is 252 g/mol. The van der Waals surface area contributed by atoms with Crippen molar-refractivity contribution in [1.29, 1.82) is 0 Å². The van der Waals surface area contributed by atoms with Crippen LogP contribution in [0.4, 0.5) is 4.79 Å². The molecule has 0 saturated heterocycles. The molecule has 2 unspecified atom stereocenters. The zero-order valence-electron chi connectivity index (χ0n) is 11.8. The Morgan fingerprint density at radius 3 is 2.28 bits per heavy atom. The van der Waals surface area contributed by atoms with Crippen molar-refractivity contribution in [2.24, 2.45) is 5.92 Å². The van der Waals surface area contributed by atoms with Crippen molar-refractivity contribution >= 4 is 23.8 Å². The van der Waals surface area contributed by atoms with Gasteiger partial charge in [0.15, 0.2) is 0 Å². The third-order valence-electron chi connectivity index (χ3n) is 2.98. The van der Waals surface area contributed by atoms with Crippen LogP contribution >= 0.6 is 11.8 Å². The van der Waals surface area contributed by atoms with Gasteiger partial charge in [0.25, 0.3) is 0 Å². The van der Waals surface area contributed by atoms with Gasteiger partial charge in [0.1, 0.15) is 0 Å². The monoisotopic (exact) mass is 276 g/mol. The normalized spacial score (nSPS) is 13.8. The van der Waals surface area contributed by atoms with Crippen LogP contribution in [0.5, 0.6) is 0 Å². The number of hydrogen-bond acceptors (Lipinski definition) is 3. The first-order chi connectivity index (χ1) is 8.34. The van der Waals surface area contributed by atoms with Crippen LogP contribution in [-0.4, -0.2) is 65.6 Å². The smallest absolute Gasteiger partial charge is 0.319 e. The Morgan fingerprint density at radius 1 is 1.33 bits per heavy atom. The standard InChI is InChI=1S/C12H24N2O3S/c1-6-10(8-18-5)14(4)12(17)13(3)7-9(2)11(15)16/h9-10H,6-8H2,1-5H3,(H,15,16). The van der Waals surface area contributed by atoms with Gasteiger partial charge in [0, 0.05) is 32.4 Å². The summed E-state index contributed by atoms with van der Waals surface area (Å²) in [5.41, 5.74) is 0. The summed E-state index contributed by atoms with van der Waals surface area (Å²) in [4.78, 5) is 26.1. The number of hydrogen-bond donors (Lipinski definition) is 1. The first-order valence-electron chi connectivity index (χ1n) is 6.04. The molecule has 0 aliphatic carbocycles. The van der Waals surface area contributed by atoms with Crippen molar-refractivity contribution in [2.75, 3.05) is 32.6 Å². The number of thioether (sulfide) groups is 1. The van der Waals surface area contributed by atoms with E-state index in [0.717, 1.165) is 12.2 Å². The number of carbonyl (C=O) groups is 2. The Morgan fingerprint density at radius 2 is 1.89 bits per heavy atom. The van der Waals surface area contributed by atoms with E-state index in [1.165, 1.54) is 4.90 Å². The van der Waals surface area contributed by atoms with E-state index in [1.54, 1.807) is 37.7 Å². The van der Waals surface area contributed by atoms with Crippen LogP contribution in [0.1, 0.15) is 20.3 Å². The van der Waals surface area contributed by atoms with Crippen LogP contribution in [0.2, 0.25) is 0 Å². The highest BCUT2D eigenvalue weighted by Gasteiger charge is 2.23. The highest BCUT2D eigenvalue weighted by molar-refractivity contribution is 7.98. The van der Waals surface area contributed by atoms with Gasteiger partial charge in [0.2, 0.25) is 0 Å². The van der Waals surface area contributed by atoms with Gasteiger partial charge in [-0.3, -0.25) is 4.79 Å². The van der Waals surface area contributed by atoms with E-state index in [2.05, 4.69) is 0 Å². The molecule has 0 aromatic heterocycles. The van der Waals surface area contributed by atoms with Gasteiger partial charge >= 0.3 is 12.0 Å². The number of urea groups is 1. The molecule has 0 fully saturated rings. The summed E-state index contributed by atoms with van der Waals surface area (Å²) in [6, 6.07) is 0.0686. The van der Waals surface area contributed by atoms with E-state index >= 15 is 0 Å². The summed E-state index contributed by atoms with van der Waals surface area (Å²) in [6.45, 7) is 3.88. The van der Waals surface area contributed by atoms with E-state index in [4.69, 9.17) is 5.11 Å². The molecule has 0 rings (SSSR count). The van der Waals surface area contributed by atoms with E-state index in [1.807, 2.05) is 13.2 Å². The zero-order valence-corrected chi connectivity index (χ0v) is 12.7. The maximum Gasteiger partial charge on any atom is 0.319 e. The number of carbonyl (C=O) groups excluding carboxylic acids is 1. The van der Waals surface area contributed by atoms with Crippen molar-refractivity contribution in [3.05, 3.63) is 0 Å². The summed E-state index contributed by atoms with van der Waals surface area (Å²) in [5.74, 6) is -0.539. The lowest BCUT2D eigenvalue weighted by atomic mass is 10.2. The summed E-state index contributed by atoms with van der Waals surface area (Å²) in [5, 5.41) is 8.84. The van der Waals surface area contributed by atoms with Gasteiger partial charge in [-0.2, -0.15) is 11.8 Å². The van der Waals surface area contributed by atoms with Crippen molar-refractivity contribution in [3.8, 4) is 0 Å². The fourth-order valence-corrected chi connectivity index (χ4v) is 2.53. The number of carboxylic acid groups (broad SMARTS) is 1. The van der Waals surface area contributed by atoms with Crippen LogP contribution in [0.3, 0.4) is 0 Å². The molecule has 2 atom stereocenters. The molecular formula is C12H24N2O3S. The molecule has 0 bridgehead atoms. The highest BCUT2D eigenvalue weighted by atomic mass is 32.2. The Balaban J connectivity index is 4.47. The second-order valence-electron chi connectivity index (χ2n) is 4.53. The predicted octanol–water partition coefficient (Wildman–Crippen LogP) is 1.83. The summed E-state index contributed by atoms with van der Waals surface area (Å²) in [7, 11) is 3.42. The number of amides is 2. The molecule has 2 amide bonds. The number of nitrogens with zero attached hydrogens (tertiary/aromatic N) is 2. The largest absolute Gasteiger partial charge is 0.481 e. The van der Waals surface area contributed by atoms with Gasteiger partial charge < -0.3 is 14.9 Å². The van der Waals surface area contributed by atoms with E-state index < -0.39 is 11.9 Å². The molecule has 0 aliphatic rings. The van der Waals surface area contributed by atoms with E-state index in [9.17, 15) is 9.59 Å². The maximum atomic E-state index is 12.1. The van der Waals surface area contributed by atoms with Gasteiger partial charge in [0.05, 0.1) is 5.92 Å². The van der Waals surface area contributed by atoms with Crippen LogP contribution < -0.4 is 0 Å². The third kappa shape index (κ3) is 5.16. The van der Waals surface area contributed by atoms with E-state index in [-0.39, 0.29) is 18.6 Å². The number of carboxylic acids is 1. The fourth-order valence-electron chi connectivity index (χ4n) is 1.69. The topological polar surface area (TPSA) is 60.9 Å². The van der Waals surface area contributed by atoms with Crippen molar-refractivity contribution in [2.45, 2.75) is 26.3 Å². The highest BCUT2D eigenvalue weighted by Crippen LogP contribution is 2.11. The number of rotatable bonds is 7. The minimum absolute atomic E-state index is 0.121. The van der Waals surface area contributed by atoms with Gasteiger partial charge in [-0.05, 0) is 12.7 Å². The first-order valence-corrected chi connectivity index (χ1v) is 7.44. The molecule has 0 radical (unpaired) electrons. The molecule has 0 heterocycles. The molecule has 0 aromatic carbocycles. The first kappa shape index (κ1) is 17.1. The average molecular weight is 276 g/mol. The molecule has 5 nitrogen and oxygen atoms in total. The van der Waals surface area contributed by atoms with Crippen LogP contribution in [0.15, 0.2) is 0 Å². The molecule has 0 aliphatic heterocycles. The van der Waals surface area contributed by atoms with Crippen molar-refractivity contribution in [1.82, 2.24) is 9.80 Å². The maximum absolute atomic E-state index is 12.1. The Hall–Kier alpha value is -0.910. The van der Waals surface area contributed by atoms with Gasteiger partial charge in [-0.15, -0.1) is 0 Å². The van der Waals surface area contributed by atoms with Crippen LogP contribution in [0, 0.1) is 5.92 Å². The molecule has 0 aromatic rings. The van der Waals surface area contributed by atoms with Crippen molar-refractivity contribution < 1.29 is 14.7 Å². The molecule has 0 spiro atoms. The average Bonchev–Trinajstić information content (AvgIpc) is 2.33. The third-order valence-corrected chi connectivity index (χ3v) is 3.69. The molecule has 106 valence electrons. The Kier molecular flexibility index (Phi) is 7.82. The lowest BCUT2D eigenvalue weighted by Gasteiger charge is -2.31. The SMILES string of the molecule is CCC(CSC)N(C)C(=O)N(C)CC(C)C(=O)O. The minimum Gasteiger partial charge on any atom is -0.481 e. The lowest BCUT2D eigenvalue weighted by Crippen LogP contribution is -2.47. The second kappa shape index (κ2) is 8.24. The zero-order chi connectivity index (χ0) is 14.3. The van der Waals surface area contributed by atoms with Crippen LogP contribution in [-0.2, 0) is 4.79 Å².